The number of rotatable bonds is 0. The van der Waals surface area contributed by atoms with E-state index in [1.54, 1.807) is 0 Å². The quantitative estimate of drug-likeness (QED) is 0.513. The molecule has 0 aliphatic carbocycles. The highest BCUT2D eigenvalue weighted by Gasteiger charge is 1.98. The molecule has 2 rings (SSSR count). The summed E-state index contributed by atoms with van der Waals surface area (Å²) in [5.74, 6) is 0. The molecule has 0 bridgehead atoms. The van der Waals surface area contributed by atoms with Crippen LogP contribution in [0.2, 0.25) is 0 Å². The third-order valence-electron chi connectivity index (χ3n) is 1.59. The van der Waals surface area contributed by atoms with Crippen LogP contribution in [-0.4, -0.2) is 5.50 Å². The summed E-state index contributed by atoms with van der Waals surface area (Å²) in [5.41, 5.74) is -0.0927. The molecule has 2 nitrogen and oxygen atoms in total. The van der Waals surface area contributed by atoms with Crippen molar-refractivity contribution in [2.45, 2.75) is 5.50 Å². The smallest absolute Gasteiger partial charge is 0.164 e. The van der Waals surface area contributed by atoms with Crippen LogP contribution in [0.25, 0.3) is 6.20 Å². The molecule has 0 saturated heterocycles. The highest BCUT2D eigenvalue weighted by atomic mass is 32.1. The maximum Gasteiger partial charge on any atom is 0.164 e. The highest BCUT2D eigenvalue weighted by Crippen LogP contribution is 1.91. The Morgan fingerprint density at radius 1 is 1.36 bits per heavy atom. The first-order valence-corrected chi connectivity index (χ1v) is 3.95. The maximum atomic E-state index is 4.27. The van der Waals surface area contributed by atoms with Crippen molar-refractivity contribution in [2.75, 3.05) is 0 Å². The Labute approximate surface area is 70.1 Å². The summed E-state index contributed by atoms with van der Waals surface area (Å²) in [7, 11) is 0. The molecule has 1 unspecified atom stereocenters. The van der Waals surface area contributed by atoms with Crippen molar-refractivity contribution in [1.82, 2.24) is 5.32 Å². The standard InChI is InChI=1S/C8H8N2S/c11-8-9-5-6-3-1-2-4-7(6)10-8/h1-5,8-9,11H. The van der Waals surface area contributed by atoms with Crippen LogP contribution < -0.4 is 15.9 Å². The minimum atomic E-state index is -0.0927. The van der Waals surface area contributed by atoms with Crippen LogP contribution in [0.15, 0.2) is 29.3 Å². The Morgan fingerprint density at radius 2 is 2.18 bits per heavy atom. The second-order valence-corrected chi connectivity index (χ2v) is 2.86. The largest absolute Gasteiger partial charge is 0.361 e. The molecule has 0 radical (unpaired) electrons. The number of thiol groups is 1. The zero-order valence-corrected chi connectivity index (χ0v) is 6.75. The number of fused-ring (bicyclic) bond motifs is 1. The van der Waals surface area contributed by atoms with Gasteiger partial charge in [0, 0.05) is 11.4 Å². The molecule has 1 aliphatic rings. The summed E-state index contributed by atoms with van der Waals surface area (Å²) in [6, 6.07) is 7.97. The normalized spacial score (nSPS) is 20.6. The average molecular weight is 164 g/mol. The van der Waals surface area contributed by atoms with Gasteiger partial charge in [0.25, 0.3) is 0 Å². The van der Waals surface area contributed by atoms with Crippen molar-refractivity contribution in [3.05, 3.63) is 34.8 Å². The number of hydrogen-bond donors (Lipinski definition) is 2. The summed E-state index contributed by atoms with van der Waals surface area (Å²) in [6.45, 7) is 0. The lowest BCUT2D eigenvalue weighted by Crippen LogP contribution is -2.36. The van der Waals surface area contributed by atoms with Gasteiger partial charge in [-0.25, -0.2) is 4.99 Å². The third-order valence-corrected chi connectivity index (χ3v) is 1.85. The minimum Gasteiger partial charge on any atom is -0.361 e. The molecule has 0 spiro atoms. The van der Waals surface area contributed by atoms with E-state index >= 15 is 0 Å². The minimum absolute atomic E-state index is 0.0927. The zero-order valence-electron chi connectivity index (χ0n) is 5.86. The molecule has 0 fully saturated rings. The predicted octanol–water partition coefficient (Wildman–Crippen LogP) is -0.139. The van der Waals surface area contributed by atoms with E-state index in [-0.39, 0.29) is 5.50 Å². The summed E-state index contributed by atoms with van der Waals surface area (Å²) >= 11 is 4.18. The summed E-state index contributed by atoms with van der Waals surface area (Å²) in [6.07, 6.45) is 1.93. The lowest BCUT2D eigenvalue weighted by atomic mass is 10.3. The van der Waals surface area contributed by atoms with Crippen LogP contribution in [0.4, 0.5) is 0 Å². The molecule has 11 heavy (non-hydrogen) atoms. The molecular weight excluding hydrogens is 156 g/mol. The number of hydrogen-bond acceptors (Lipinski definition) is 3. The van der Waals surface area contributed by atoms with Gasteiger partial charge in [0.15, 0.2) is 5.50 Å². The molecule has 1 N–H and O–H groups in total. The third kappa shape index (κ3) is 1.24. The van der Waals surface area contributed by atoms with Crippen molar-refractivity contribution in [3.63, 3.8) is 0 Å². The first-order chi connectivity index (χ1) is 5.36. The first kappa shape index (κ1) is 6.73. The predicted molar refractivity (Wildman–Crippen MR) is 47.6 cm³/mol. The van der Waals surface area contributed by atoms with E-state index in [9.17, 15) is 0 Å². The van der Waals surface area contributed by atoms with Crippen LogP contribution in [0, 0.1) is 0 Å². The molecule has 0 amide bonds. The molecule has 0 saturated carbocycles. The summed E-state index contributed by atoms with van der Waals surface area (Å²) in [4.78, 5) is 4.27. The maximum absolute atomic E-state index is 4.27. The van der Waals surface area contributed by atoms with E-state index in [2.05, 4.69) is 22.9 Å². The second kappa shape index (κ2) is 2.58. The molecule has 1 aromatic rings. The molecule has 0 aromatic heterocycles. The molecule has 1 aromatic carbocycles. The van der Waals surface area contributed by atoms with Crippen LogP contribution in [0.1, 0.15) is 0 Å². The molecule has 1 heterocycles. The van der Waals surface area contributed by atoms with E-state index in [1.807, 2.05) is 30.5 Å². The van der Waals surface area contributed by atoms with Gasteiger partial charge in [0.1, 0.15) is 0 Å². The molecule has 3 heteroatoms. The summed E-state index contributed by atoms with van der Waals surface area (Å²) < 4.78 is 0. The van der Waals surface area contributed by atoms with Crippen molar-refractivity contribution < 1.29 is 0 Å². The van der Waals surface area contributed by atoms with Gasteiger partial charge in [0.2, 0.25) is 0 Å². The van der Waals surface area contributed by atoms with Crippen LogP contribution in [0.3, 0.4) is 0 Å². The fourth-order valence-electron chi connectivity index (χ4n) is 1.06. The van der Waals surface area contributed by atoms with Crippen molar-refractivity contribution in [2.24, 2.45) is 4.99 Å². The molecule has 56 valence electrons. The average Bonchev–Trinajstić information content (AvgIpc) is 2.04. The van der Waals surface area contributed by atoms with Gasteiger partial charge >= 0.3 is 0 Å². The van der Waals surface area contributed by atoms with Crippen LogP contribution >= 0.6 is 12.6 Å². The Morgan fingerprint density at radius 3 is 3.09 bits per heavy atom. The van der Waals surface area contributed by atoms with E-state index < -0.39 is 0 Å². The van der Waals surface area contributed by atoms with Gasteiger partial charge in [-0.3, -0.25) is 0 Å². The Balaban J connectivity index is 2.73. The number of benzene rings is 1. The van der Waals surface area contributed by atoms with Gasteiger partial charge in [-0.05, 0) is 6.07 Å². The van der Waals surface area contributed by atoms with Gasteiger partial charge in [0.05, 0.1) is 5.36 Å². The van der Waals surface area contributed by atoms with Gasteiger partial charge in [-0.2, -0.15) is 0 Å². The van der Waals surface area contributed by atoms with Crippen molar-refractivity contribution in [1.29, 1.82) is 0 Å². The fourth-order valence-corrected chi connectivity index (χ4v) is 1.26. The lowest BCUT2D eigenvalue weighted by molar-refractivity contribution is 0.813. The Kier molecular flexibility index (Phi) is 1.58. The van der Waals surface area contributed by atoms with E-state index in [0.29, 0.717) is 0 Å². The first-order valence-electron chi connectivity index (χ1n) is 3.43. The molecule has 1 aliphatic heterocycles. The number of nitrogens with one attached hydrogen (secondary N) is 1. The zero-order chi connectivity index (χ0) is 7.68. The monoisotopic (exact) mass is 164 g/mol. The van der Waals surface area contributed by atoms with Crippen LogP contribution in [-0.2, 0) is 0 Å². The lowest BCUT2D eigenvalue weighted by Gasteiger charge is -2.08. The van der Waals surface area contributed by atoms with E-state index in [1.165, 1.54) is 0 Å². The number of para-hydroxylation sites is 1. The van der Waals surface area contributed by atoms with Crippen molar-refractivity contribution >= 4 is 18.8 Å². The molecular formula is C8H8N2S. The number of nitrogens with zero attached hydrogens (tertiary/aromatic N) is 1. The van der Waals surface area contributed by atoms with E-state index in [4.69, 9.17) is 0 Å². The van der Waals surface area contributed by atoms with Crippen LogP contribution in [0.5, 0.6) is 0 Å². The van der Waals surface area contributed by atoms with Crippen molar-refractivity contribution in [3.8, 4) is 0 Å². The van der Waals surface area contributed by atoms with E-state index in [0.717, 1.165) is 10.6 Å². The summed E-state index contributed by atoms with van der Waals surface area (Å²) in [5, 5.41) is 5.14. The van der Waals surface area contributed by atoms with Gasteiger partial charge in [-0.1, -0.05) is 18.2 Å². The highest BCUT2D eigenvalue weighted by molar-refractivity contribution is 7.80. The van der Waals surface area contributed by atoms with Gasteiger partial charge < -0.3 is 5.32 Å². The van der Waals surface area contributed by atoms with Gasteiger partial charge in [-0.15, -0.1) is 12.6 Å². The Bertz CT molecular complexity index is 372. The topological polar surface area (TPSA) is 24.4 Å². The second-order valence-electron chi connectivity index (χ2n) is 2.37. The fraction of sp³-hybridized carbons (Fsp3) is 0.125. The molecule has 1 atom stereocenters. The SMILES string of the molecule is SC1N=c2ccccc2=CN1. The Hall–Kier alpha value is -0.960.